The second kappa shape index (κ2) is 6.33. The highest BCUT2D eigenvalue weighted by Crippen LogP contribution is 2.38. The minimum absolute atomic E-state index is 0.418. The van der Waals surface area contributed by atoms with Crippen LogP contribution in [-0.4, -0.2) is 6.04 Å². The van der Waals surface area contributed by atoms with Crippen LogP contribution in [0.1, 0.15) is 48.4 Å². The first kappa shape index (κ1) is 14.8. The van der Waals surface area contributed by atoms with Crippen LogP contribution in [-0.2, 0) is 0 Å². The third-order valence-corrected chi connectivity index (χ3v) is 5.04. The molecule has 110 valence electrons. The molecule has 1 aliphatic carbocycles. The smallest absolute Gasteiger partial charge is 0.0294 e. The van der Waals surface area contributed by atoms with Crippen LogP contribution in [0.4, 0.5) is 0 Å². The molecule has 0 bridgehead atoms. The number of hydrogen-bond donors (Lipinski definition) is 1. The first-order chi connectivity index (χ1) is 10.1. The second-order valence-corrected chi connectivity index (χ2v) is 7.13. The maximum absolute atomic E-state index is 3.75. The van der Waals surface area contributed by atoms with Crippen molar-refractivity contribution in [3.8, 4) is 0 Å². The van der Waals surface area contributed by atoms with E-state index in [1.165, 1.54) is 29.5 Å². The molecule has 21 heavy (non-hydrogen) atoms. The van der Waals surface area contributed by atoms with Crippen molar-refractivity contribution >= 4 is 15.9 Å². The molecule has 0 aromatic heterocycles. The van der Waals surface area contributed by atoms with E-state index in [0.717, 1.165) is 10.4 Å². The average molecular weight is 344 g/mol. The van der Waals surface area contributed by atoms with Crippen molar-refractivity contribution in [3.05, 3.63) is 69.7 Å². The van der Waals surface area contributed by atoms with E-state index in [9.17, 15) is 0 Å². The first-order valence-corrected chi connectivity index (χ1v) is 8.49. The normalized spacial score (nSPS) is 22.6. The third kappa shape index (κ3) is 3.56. The molecule has 1 atom stereocenters. The molecule has 1 aliphatic rings. The van der Waals surface area contributed by atoms with Gasteiger partial charge in [0, 0.05) is 16.6 Å². The third-order valence-electron chi connectivity index (χ3n) is 4.51. The van der Waals surface area contributed by atoms with E-state index in [-0.39, 0.29) is 0 Å². The minimum atomic E-state index is 0.418. The van der Waals surface area contributed by atoms with Crippen molar-refractivity contribution < 1.29 is 0 Å². The highest BCUT2D eigenvalue weighted by molar-refractivity contribution is 9.10. The van der Waals surface area contributed by atoms with Crippen molar-refractivity contribution in [1.82, 2.24) is 5.32 Å². The molecule has 2 heteroatoms. The van der Waals surface area contributed by atoms with E-state index in [0.29, 0.717) is 12.1 Å². The molecule has 0 radical (unpaired) electrons. The van der Waals surface area contributed by atoms with Gasteiger partial charge in [-0.15, -0.1) is 0 Å². The monoisotopic (exact) mass is 343 g/mol. The quantitative estimate of drug-likeness (QED) is 0.788. The molecular weight excluding hydrogens is 322 g/mol. The van der Waals surface area contributed by atoms with Crippen LogP contribution in [0.5, 0.6) is 0 Å². The Hall–Kier alpha value is -1.12. The summed E-state index contributed by atoms with van der Waals surface area (Å²) in [5, 5.41) is 3.75. The van der Waals surface area contributed by atoms with Crippen LogP contribution >= 0.6 is 15.9 Å². The highest BCUT2D eigenvalue weighted by atomic mass is 79.9. The van der Waals surface area contributed by atoms with Crippen molar-refractivity contribution in [2.24, 2.45) is 0 Å². The number of benzene rings is 2. The van der Waals surface area contributed by atoms with Crippen LogP contribution in [0, 0.1) is 6.92 Å². The molecule has 0 amide bonds. The summed E-state index contributed by atoms with van der Waals surface area (Å²) in [6.07, 6.45) is 2.51. The number of nitrogens with one attached hydrogen (secondary N) is 1. The molecule has 1 nitrogen and oxygen atoms in total. The van der Waals surface area contributed by atoms with Gasteiger partial charge in [0.2, 0.25) is 0 Å². The van der Waals surface area contributed by atoms with Gasteiger partial charge < -0.3 is 5.32 Å². The molecule has 0 heterocycles. The first-order valence-electron chi connectivity index (χ1n) is 7.70. The number of rotatable bonds is 4. The minimum Gasteiger partial charge on any atom is -0.307 e. The Kier molecular flexibility index (Phi) is 4.46. The van der Waals surface area contributed by atoms with Crippen LogP contribution in [0.3, 0.4) is 0 Å². The van der Waals surface area contributed by atoms with Gasteiger partial charge in [0.15, 0.2) is 0 Å². The van der Waals surface area contributed by atoms with E-state index in [2.05, 4.69) is 83.6 Å². The van der Waals surface area contributed by atoms with Gasteiger partial charge in [0.1, 0.15) is 0 Å². The standard InChI is InChI=1S/C19H22BrN/c1-13-4-3-5-16(10-13)17-11-19(12-17)21-14(2)15-6-8-18(20)9-7-15/h3-10,14,17,19,21H,11-12H2,1-2H3. The molecule has 1 fully saturated rings. The Labute approximate surface area is 135 Å². The van der Waals surface area contributed by atoms with Gasteiger partial charge in [-0.25, -0.2) is 0 Å². The number of aryl methyl sites for hydroxylation is 1. The lowest BCUT2D eigenvalue weighted by molar-refractivity contribution is 0.271. The Morgan fingerprint density at radius 3 is 2.48 bits per heavy atom. The van der Waals surface area contributed by atoms with Gasteiger partial charge in [-0.1, -0.05) is 57.9 Å². The fourth-order valence-electron chi connectivity index (χ4n) is 3.15. The molecule has 1 saturated carbocycles. The highest BCUT2D eigenvalue weighted by Gasteiger charge is 2.31. The summed E-state index contributed by atoms with van der Waals surface area (Å²) in [6.45, 7) is 4.43. The van der Waals surface area contributed by atoms with Crippen LogP contribution in [0.15, 0.2) is 53.0 Å². The van der Waals surface area contributed by atoms with E-state index >= 15 is 0 Å². The Morgan fingerprint density at radius 1 is 1.10 bits per heavy atom. The van der Waals surface area contributed by atoms with Crippen LogP contribution in [0.25, 0.3) is 0 Å². The maximum atomic E-state index is 3.75. The Morgan fingerprint density at radius 2 is 1.81 bits per heavy atom. The lowest BCUT2D eigenvalue weighted by Crippen LogP contribution is -2.41. The fourth-order valence-corrected chi connectivity index (χ4v) is 3.42. The lowest BCUT2D eigenvalue weighted by Gasteiger charge is -2.38. The molecule has 0 saturated heterocycles. The summed E-state index contributed by atoms with van der Waals surface area (Å²) in [5.41, 5.74) is 4.23. The predicted molar refractivity (Wildman–Crippen MR) is 92.6 cm³/mol. The van der Waals surface area contributed by atoms with Crippen molar-refractivity contribution in [2.75, 3.05) is 0 Å². The lowest BCUT2D eigenvalue weighted by atomic mass is 9.75. The molecular formula is C19H22BrN. The molecule has 2 aromatic rings. The summed E-state index contributed by atoms with van der Waals surface area (Å²) < 4.78 is 1.14. The zero-order valence-corrected chi connectivity index (χ0v) is 14.2. The van der Waals surface area contributed by atoms with E-state index in [4.69, 9.17) is 0 Å². The van der Waals surface area contributed by atoms with Crippen LogP contribution < -0.4 is 5.32 Å². The summed E-state index contributed by atoms with van der Waals surface area (Å²) in [7, 11) is 0. The summed E-state index contributed by atoms with van der Waals surface area (Å²) in [4.78, 5) is 0. The largest absolute Gasteiger partial charge is 0.307 e. The maximum Gasteiger partial charge on any atom is 0.0294 e. The van der Waals surface area contributed by atoms with Gasteiger partial charge in [0.25, 0.3) is 0 Å². The van der Waals surface area contributed by atoms with E-state index < -0.39 is 0 Å². The number of halogens is 1. The Balaban J connectivity index is 1.54. The van der Waals surface area contributed by atoms with Crippen molar-refractivity contribution in [1.29, 1.82) is 0 Å². The molecule has 1 unspecified atom stereocenters. The summed E-state index contributed by atoms with van der Waals surface area (Å²) in [5.74, 6) is 0.736. The van der Waals surface area contributed by atoms with E-state index in [1.54, 1.807) is 0 Å². The Bertz CT molecular complexity index is 599. The molecule has 0 aliphatic heterocycles. The fraction of sp³-hybridized carbons (Fsp3) is 0.368. The van der Waals surface area contributed by atoms with Gasteiger partial charge in [-0.2, -0.15) is 0 Å². The van der Waals surface area contributed by atoms with Gasteiger partial charge in [-0.05, 0) is 55.9 Å². The predicted octanol–water partition coefficient (Wildman–Crippen LogP) is 5.35. The SMILES string of the molecule is Cc1cccc(C2CC(NC(C)c3ccc(Br)cc3)C2)c1. The number of hydrogen-bond acceptors (Lipinski definition) is 1. The van der Waals surface area contributed by atoms with Gasteiger partial charge >= 0.3 is 0 Å². The average Bonchev–Trinajstić information content (AvgIpc) is 2.43. The van der Waals surface area contributed by atoms with Crippen LogP contribution in [0.2, 0.25) is 0 Å². The molecule has 1 N–H and O–H groups in total. The zero-order valence-electron chi connectivity index (χ0n) is 12.6. The topological polar surface area (TPSA) is 12.0 Å². The molecule has 0 spiro atoms. The van der Waals surface area contributed by atoms with Crippen molar-refractivity contribution in [3.63, 3.8) is 0 Å². The second-order valence-electron chi connectivity index (χ2n) is 6.22. The summed E-state index contributed by atoms with van der Waals surface area (Å²) in [6, 6.07) is 18.6. The summed E-state index contributed by atoms with van der Waals surface area (Å²) >= 11 is 3.49. The molecule has 3 rings (SSSR count). The zero-order chi connectivity index (χ0) is 14.8. The van der Waals surface area contributed by atoms with E-state index in [1.807, 2.05) is 0 Å². The molecule has 2 aromatic carbocycles. The van der Waals surface area contributed by atoms with Gasteiger partial charge in [0.05, 0.1) is 0 Å². The van der Waals surface area contributed by atoms with Gasteiger partial charge in [-0.3, -0.25) is 0 Å². The van der Waals surface area contributed by atoms with Crippen molar-refractivity contribution in [2.45, 2.75) is 44.7 Å².